The van der Waals surface area contributed by atoms with Gasteiger partial charge in [0.15, 0.2) is 0 Å². The van der Waals surface area contributed by atoms with Gasteiger partial charge in [-0.25, -0.2) is 12.8 Å². The first-order chi connectivity index (χ1) is 19.8. The van der Waals surface area contributed by atoms with Crippen molar-refractivity contribution in [3.8, 4) is 0 Å². The van der Waals surface area contributed by atoms with Crippen LogP contribution in [0, 0.1) is 5.82 Å². The average Bonchev–Trinajstić information content (AvgIpc) is 3.16. The van der Waals surface area contributed by atoms with E-state index in [0.29, 0.717) is 39.3 Å². The van der Waals surface area contributed by atoms with Gasteiger partial charge in [-0.15, -0.1) is 0 Å². The van der Waals surface area contributed by atoms with Gasteiger partial charge in [0.1, 0.15) is 11.6 Å². The van der Waals surface area contributed by atoms with Crippen LogP contribution in [0.5, 0.6) is 0 Å². The van der Waals surface area contributed by atoms with Crippen molar-refractivity contribution in [3.63, 3.8) is 0 Å². The van der Waals surface area contributed by atoms with Gasteiger partial charge in [-0.05, 0) is 49.6 Å². The van der Waals surface area contributed by atoms with Crippen LogP contribution in [-0.4, -0.2) is 91.8 Å². The minimum absolute atomic E-state index is 0.0881. The van der Waals surface area contributed by atoms with Crippen LogP contribution in [0.1, 0.15) is 49.3 Å². The average molecular weight is 586 g/mol. The van der Waals surface area contributed by atoms with E-state index in [0.717, 1.165) is 38.8 Å². The summed E-state index contributed by atoms with van der Waals surface area (Å²) < 4.78 is 48.3. The summed E-state index contributed by atoms with van der Waals surface area (Å²) in [5, 5.41) is 11.3. The van der Waals surface area contributed by atoms with Gasteiger partial charge in [0, 0.05) is 50.4 Å². The molecule has 0 saturated carbocycles. The fraction of sp³-hybridized carbons (Fsp3) is 0.467. The molecule has 3 saturated heterocycles. The van der Waals surface area contributed by atoms with Crippen LogP contribution in [0.15, 0.2) is 59.0 Å². The minimum Gasteiger partial charge on any atom is -0.507 e. The molecule has 41 heavy (non-hydrogen) atoms. The quantitative estimate of drug-likeness (QED) is 0.287. The standard InChI is InChI=1S/C30H36FN3O6S/c31-25-9-4-3-8-24(25)27-26(29(36)30(37)34(27)17-7-14-32-18-20-40-21-19-32)28(35)22-10-12-23(13-11-22)41(38,39)33-15-5-1-2-6-16-33/h3-4,8-13,27,35H,1-2,5-7,14-21H2. The molecule has 0 radical (unpaired) electrons. The molecule has 1 unspecified atom stereocenters. The molecule has 3 aliphatic heterocycles. The van der Waals surface area contributed by atoms with Crippen molar-refractivity contribution < 1.29 is 32.2 Å². The molecule has 11 heteroatoms. The Hall–Kier alpha value is -3.12. The van der Waals surface area contributed by atoms with E-state index in [1.54, 1.807) is 6.07 Å². The van der Waals surface area contributed by atoms with Crippen LogP contribution in [0.2, 0.25) is 0 Å². The second-order valence-electron chi connectivity index (χ2n) is 10.7. The number of amides is 1. The van der Waals surface area contributed by atoms with Gasteiger partial charge in [-0.1, -0.05) is 31.0 Å². The van der Waals surface area contributed by atoms with Crippen molar-refractivity contribution in [3.05, 3.63) is 71.0 Å². The topological polar surface area (TPSA) is 107 Å². The predicted octanol–water partition coefficient (Wildman–Crippen LogP) is 3.53. The Morgan fingerprint density at radius 3 is 2.22 bits per heavy atom. The normalized spacial score (nSPS) is 22.7. The lowest BCUT2D eigenvalue weighted by atomic mass is 9.95. The Bertz CT molecular complexity index is 1400. The Kier molecular flexibility index (Phi) is 9.18. The summed E-state index contributed by atoms with van der Waals surface area (Å²) in [6, 6.07) is 10.4. The van der Waals surface area contributed by atoms with Gasteiger partial charge >= 0.3 is 0 Å². The second kappa shape index (κ2) is 12.8. The summed E-state index contributed by atoms with van der Waals surface area (Å²) in [7, 11) is -3.71. The van der Waals surface area contributed by atoms with Gasteiger partial charge in [-0.3, -0.25) is 14.5 Å². The smallest absolute Gasteiger partial charge is 0.295 e. The molecule has 220 valence electrons. The number of rotatable bonds is 8. The third-order valence-corrected chi connectivity index (χ3v) is 9.96. The molecule has 0 aromatic heterocycles. The summed E-state index contributed by atoms with van der Waals surface area (Å²) in [5.41, 5.74) is 0.0713. The van der Waals surface area contributed by atoms with Crippen LogP contribution in [-0.2, 0) is 24.3 Å². The van der Waals surface area contributed by atoms with E-state index in [4.69, 9.17) is 4.74 Å². The van der Waals surface area contributed by atoms with Crippen LogP contribution in [0.4, 0.5) is 4.39 Å². The molecule has 1 N–H and O–H groups in total. The van der Waals surface area contributed by atoms with Gasteiger partial charge in [0.2, 0.25) is 10.0 Å². The molecular formula is C30H36FN3O6S. The van der Waals surface area contributed by atoms with Gasteiger partial charge in [0.05, 0.1) is 29.7 Å². The van der Waals surface area contributed by atoms with E-state index in [1.807, 2.05) is 0 Å². The first-order valence-electron chi connectivity index (χ1n) is 14.2. The van der Waals surface area contributed by atoms with Crippen molar-refractivity contribution in [2.75, 3.05) is 52.5 Å². The molecule has 3 aliphatic rings. The van der Waals surface area contributed by atoms with Crippen molar-refractivity contribution >= 4 is 27.5 Å². The maximum absolute atomic E-state index is 15.1. The number of carbonyl (C=O) groups excluding carboxylic acids is 2. The van der Waals surface area contributed by atoms with E-state index in [2.05, 4.69) is 4.90 Å². The Balaban J connectivity index is 1.44. The number of ketones is 1. The summed E-state index contributed by atoms with van der Waals surface area (Å²) in [6.45, 7) is 4.63. The van der Waals surface area contributed by atoms with E-state index in [-0.39, 0.29) is 28.1 Å². The molecule has 2 aromatic carbocycles. The van der Waals surface area contributed by atoms with Crippen molar-refractivity contribution in [1.29, 1.82) is 0 Å². The highest BCUT2D eigenvalue weighted by Crippen LogP contribution is 2.40. The number of aliphatic hydroxyl groups is 1. The lowest BCUT2D eigenvalue weighted by Crippen LogP contribution is -2.39. The lowest BCUT2D eigenvalue weighted by molar-refractivity contribution is -0.140. The summed E-state index contributed by atoms with van der Waals surface area (Å²) in [4.78, 5) is 30.1. The highest BCUT2D eigenvalue weighted by molar-refractivity contribution is 7.89. The first-order valence-corrected chi connectivity index (χ1v) is 15.7. The first kappa shape index (κ1) is 29.4. The van der Waals surface area contributed by atoms with Gasteiger partial charge in [-0.2, -0.15) is 4.31 Å². The van der Waals surface area contributed by atoms with Crippen LogP contribution in [0.25, 0.3) is 5.76 Å². The molecule has 3 heterocycles. The van der Waals surface area contributed by atoms with Crippen LogP contribution >= 0.6 is 0 Å². The van der Waals surface area contributed by atoms with Gasteiger partial charge in [0.25, 0.3) is 11.7 Å². The SMILES string of the molecule is O=C1C(=O)N(CCCN2CCOCC2)C(c2ccccc2F)C1=C(O)c1ccc(S(=O)(=O)N2CCCCCC2)cc1. The minimum atomic E-state index is -3.71. The van der Waals surface area contributed by atoms with Crippen LogP contribution in [0.3, 0.4) is 0 Å². The van der Waals surface area contributed by atoms with Crippen LogP contribution < -0.4 is 0 Å². The molecular weight excluding hydrogens is 549 g/mol. The highest BCUT2D eigenvalue weighted by Gasteiger charge is 2.46. The Labute approximate surface area is 240 Å². The number of ether oxygens (including phenoxy) is 1. The fourth-order valence-electron chi connectivity index (χ4n) is 5.79. The van der Waals surface area contributed by atoms with Crippen molar-refractivity contribution in [1.82, 2.24) is 14.1 Å². The Morgan fingerprint density at radius 1 is 0.902 bits per heavy atom. The molecule has 3 fully saturated rings. The zero-order valence-electron chi connectivity index (χ0n) is 23.0. The number of likely N-dealkylation sites (tertiary alicyclic amines) is 1. The summed E-state index contributed by atoms with van der Waals surface area (Å²) in [5.74, 6) is -2.76. The molecule has 2 aromatic rings. The summed E-state index contributed by atoms with van der Waals surface area (Å²) >= 11 is 0. The maximum Gasteiger partial charge on any atom is 0.295 e. The molecule has 5 rings (SSSR count). The number of hydrogen-bond donors (Lipinski definition) is 1. The third kappa shape index (κ3) is 6.23. The largest absolute Gasteiger partial charge is 0.507 e. The highest BCUT2D eigenvalue weighted by atomic mass is 32.2. The van der Waals surface area contributed by atoms with Gasteiger partial charge < -0.3 is 14.7 Å². The number of sulfonamides is 1. The number of aliphatic hydroxyl groups excluding tert-OH is 1. The summed E-state index contributed by atoms with van der Waals surface area (Å²) in [6.07, 6.45) is 4.15. The Morgan fingerprint density at radius 2 is 1.56 bits per heavy atom. The lowest BCUT2D eigenvalue weighted by Gasteiger charge is -2.29. The number of hydrogen-bond acceptors (Lipinski definition) is 7. The third-order valence-electron chi connectivity index (χ3n) is 8.05. The molecule has 9 nitrogen and oxygen atoms in total. The van der Waals surface area contributed by atoms with E-state index in [1.165, 1.54) is 51.7 Å². The number of nitrogens with zero attached hydrogens (tertiary/aromatic N) is 3. The zero-order valence-corrected chi connectivity index (χ0v) is 23.8. The number of benzene rings is 2. The zero-order chi connectivity index (χ0) is 29.0. The van der Waals surface area contributed by atoms with E-state index in [9.17, 15) is 23.1 Å². The van der Waals surface area contributed by atoms with Crippen molar-refractivity contribution in [2.24, 2.45) is 0 Å². The number of halogens is 1. The maximum atomic E-state index is 15.1. The van der Waals surface area contributed by atoms with Crippen molar-refractivity contribution in [2.45, 2.75) is 43.0 Å². The van der Waals surface area contributed by atoms with E-state index >= 15 is 4.39 Å². The number of carbonyl (C=O) groups is 2. The second-order valence-corrected chi connectivity index (χ2v) is 12.6. The molecule has 1 amide bonds. The molecule has 0 bridgehead atoms. The molecule has 1 atom stereocenters. The fourth-order valence-corrected chi connectivity index (χ4v) is 7.31. The monoisotopic (exact) mass is 585 g/mol. The molecule has 0 spiro atoms. The predicted molar refractivity (Wildman–Crippen MR) is 151 cm³/mol. The van der Waals surface area contributed by atoms with E-state index < -0.39 is 39.3 Å². The number of Topliss-reactive ketones (excluding diaryl/α,β-unsaturated/α-hetero) is 1. The molecule has 0 aliphatic carbocycles. The number of morpholine rings is 1.